The van der Waals surface area contributed by atoms with Gasteiger partial charge in [-0.05, 0) is 48.6 Å². The molecule has 0 bridgehead atoms. The van der Waals surface area contributed by atoms with Crippen LogP contribution in [0.1, 0.15) is 70.7 Å². The Balaban J connectivity index is 0.000000804. The van der Waals surface area contributed by atoms with E-state index in [0.717, 1.165) is 41.1 Å². The number of hydrogen-bond donors (Lipinski definition) is 6. The van der Waals surface area contributed by atoms with E-state index in [1.807, 2.05) is 57.8 Å². The van der Waals surface area contributed by atoms with Crippen LogP contribution in [0.15, 0.2) is 72.2 Å². The first kappa shape index (κ1) is 28.1. The lowest BCUT2D eigenvalue weighted by atomic mass is 10.0. The molecule has 204 valence electrons. The van der Waals surface area contributed by atoms with Gasteiger partial charge in [0.15, 0.2) is 0 Å². The summed E-state index contributed by atoms with van der Waals surface area (Å²) in [5.74, 6) is 1.64. The number of thioether (sulfide) groups is 1. The van der Waals surface area contributed by atoms with Crippen LogP contribution in [-0.4, -0.2) is 22.4 Å². The Kier molecular flexibility index (Phi) is 10.6. The third-order valence-corrected chi connectivity index (χ3v) is 8.11. The highest BCUT2D eigenvalue weighted by molar-refractivity contribution is 8.00. The van der Waals surface area contributed by atoms with Crippen molar-refractivity contribution < 1.29 is 0 Å². The van der Waals surface area contributed by atoms with Crippen LogP contribution in [0.4, 0.5) is 11.5 Å². The molecule has 6 rings (SSSR count). The van der Waals surface area contributed by atoms with Gasteiger partial charge >= 0.3 is 0 Å². The summed E-state index contributed by atoms with van der Waals surface area (Å²) in [7, 11) is 0. The number of aromatic nitrogens is 1. The highest BCUT2D eigenvalue weighted by Gasteiger charge is 2.32. The highest BCUT2D eigenvalue weighted by atomic mass is 32.2. The molecule has 3 unspecified atom stereocenters. The minimum atomic E-state index is 0.121. The molecular formula is C30H43N7S. The van der Waals surface area contributed by atoms with Gasteiger partial charge in [0.1, 0.15) is 11.3 Å². The maximum atomic E-state index is 4.87. The normalized spacial score (nSPS) is 23.7. The molecule has 7 nitrogen and oxygen atoms in total. The van der Waals surface area contributed by atoms with E-state index >= 15 is 0 Å². The van der Waals surface area contributed by atoms with Gasteiger partial charge < -0.3 is 21.3 Å². The summed E-state index contributed by atoms with van der Waals surface area (Å²) in [4.78, 5) is 4.87. The Morgan fingerprint density at radius 2 is 1.74 bits per heavy atom. The first-order valence-electron chi connectivity index (χ1n) is 14.2. The van der Waals surface area contributed by atoms with Crippen LogP contribution in [0.5, 0.6) is 0 Å². The van der Waals surface area contributed by atoms with Gasteiger partial charge in [-0.25, -0.2) is 15.8 Å². The van der Waals surface area contributed by atoms with Crippen molar-refractivity contribution in [1.82, 2.24) is 26.5 Å². The number of dihydropyridines is 1. The second-order valence-electron chi connectivity index (χ2n) is 9.21. The summed E-state index contributed by atoms with van der Waals surface area (Å²) < 4.78 is 0. The summed E-state index contributed by atoms with van der Waals surface area (Å²) in [5, 5.41) is 14.5. The van der Waals surface area contributed by atoms with E-state index in [9.17, 15) is 0 Å². The van der Waals surface area contributed by atoms with Crippen molar-refractivity contribution in [3.05, 3.63) is 83.5 Å². The van der Waals surface area contributed by atoms with Gasteiger partial charge in [0.05, 0.1) is 35.0 Å². The highest BCUT2D eigenvalue weighted by Crippen LogP contribution is 2.36. The molecule has 3 atom stereocenters. The summed E-state index contributed by atoms with van der Waals surface area (Å²) in [6.45, 7) is 8.74. The Labute approximate surface area is 232 Å². The predicted molar refractivity (Wildman–Crippen MR) is 163 cm³/mol. The maximum Gasteiger partial charge on any atom is 0.141 e. The first-order chi connectivity index (χ1) is 18.8. The number of nitrogens with one attached hydrogen (secondary N) is 6. The third kappa shape index (κ3) is 7.12. The average molecular weight is 534 g/mol. The molecule has 38 heavy (non-hydrogen) atoms. The molecule has 2 fully saturated rings. The quantitative estimate of drug-likeness (QED) is 0.259. The van der Waals surface area contributed by atoms with Gasteiger partial charge in [0.2, 0.25) is 0 Å². The van der Waals surface area contributed by atoms with Crippen LogP contribution in [0.25, 0.3) is 6.08 Å². The standard InChI is InChI=1S/C26H31N7S.2C2H6/c1-2-6-17(7-3-1)21-11-10-19(15-27-21)29-20-14-23-22(28-16-20)12-13-24(30-23)31-26-33-32-25(34-26)18-8-4-5-9-18;2*1-2/h1-3,6-7,10-15,18,21,25-29,32-33H,4-5,8-9,16H2,(H,30,31);2*1-2H3. The summed E-state index contributed by atoms with van der Waals surface area (Å²) in [6.07, 6.45) is 13.9. The molecule has 1 saturated heterocycles. The van der Waals surface area contributed by atoms with E-state index in [1.165, 1.54) is 31.2 Å². The second kappa shape index (κ2) is 14.3. The van der Waals surface area contributed by atoms with Gasteiger partial charge in [-0.1, -0.05) is 88.7 Å². The number of allylic oxidation sites excluding steroid dienone is 1. The van der Waals surface area contributed by atoms with Crippen LogP contribution >= 0.6 is 11.8 Å². The minimum Gasteiger partial charge on any atom is -0.379 e. The SMILES string of the molecule is C1=CC(c2ccccc2)NC=C1NC1=Cc2nc(NC3NNC(C4CCCC4)S3)ccc2NC1.CC.CC. The number of benzene rings is 1. The fraction of sp³-hybridized carbons (Fsp3) is 0.433. The van der Waals surface area contributed by atoms with E-state index in [2.05, 4.69) is 80.7 Å². The fourth-order valence-electron chi connectivity index (χ4n) is 4.98. The van der Waals surface area contributed by atoms with E-state index < -0.39 is 0 Å². The molecule has 1 aliphatic carbocycles. The zero-order chi connectivity index (χ0) is 26.7. The number of fused-ring (bicyclic) bond motifs is 1. The number of pyridine rings is 1. The van der Waals surface area contributed by atoms with Crippen molar-refractivity contribution >= 4 is 29.3 Å². The molecule has 2 aromatic rings. The topological polar surface area (TPSA) is 85.1 Å². The number of hydrogen-bond acceptors (Lipinski definition) is 8. The van der Waals surface area contributed by atoms with Crippen LogP contribution in [0.2, 0.25) is 0 Å². The molecule has 1 saturated carbocycles. The Morgan fingerprint density at radius 3 is 2.47 bits per heavy atom. The summed E-state index contributed by atoms with van der Waals surface area (Å²) >= 11 is 1.92. The molecule has 4 aliphatic rings. The molecule has 0 amide bonds. The van der Waals surface area contributed by atoms with Crippen molar-refractivity contribution in [3.63, 3.8) is 0 Å². The minimum absolute atomic E-state index is 0.121. The van der Waals surface area contributed by atoms with Gasteiger partial charge in [0.25, 0.3) is 0 Å². The summed E-state index contributed by atoms with van der Waals surface area (Å²) in [5.41, 5.74) is 12.4. The Hall–Kier alpha value is -2.94. The molecule has 1 aromatic carbocycles. The molecule has 0 spiro atoms. The van der Waals surface area contributed by atoms with E-state index in [-0.39, 0.29) is 11.5 Å². The van der Waals surface area contributed by atoms with Crippen molar-refractivity contribution in [1.29, 1.82) is 0 Å². The van der Waals surface area contributed by atoms with Crippen molar-refractivity contribution in [2.24, 2.45) is 5.92 Å². The van der Waals surface area contributed by atoms with Crippen molar-refractivity contribution in [2.75, 3.05) is 17.2 Å². The lowest BCUT2D eigenvalue weighted by molar-refractivity contribution is 0.431. The number of rotatable bonds is 6. The predicted octanol–water partition coefficient (Wildman–Crippen LogP) is 6.28. The van der Waals surface area contributed by atoms with Gasteiger partial charge in [-0.15, -0.1) is 0 Å². The van der Waals surface area contributed by atoms with Gasteiger partial charge in [0, 0.05) is 11.9 Å². The lowest BCUT2D eigenvalue weighted by Crippen LogP contribution is -2.38. The van der Waals surface area contributed by atoms with Gasteiger partial charge in [-0.2, -0.15) is 0 Å². The van der Waals surface area contributed by atoms with Crippen LogP contribution in [-0.2, 0) is 0 Å². The average Bonchev–Trinajstić information content (AvgIpc) is 3.69. The molecule has 8 heteroatoms. The number of nitrogens with zero attached hydrogens (tertiary/aromatic N) is 1. The second-order valence-corrected chi connectivity index (χ2v) is 10.5. The smallest absolute Gasteiger partial charge is 0.141 e. The first-order valence-corrected chi connectivity index (χ1v) is 15.1. The van der Waals surface area contributed by atoms with E-state index in [1.54, 1.807) is 0 Å². The molecule has 3 aliphatic heterocycles. The van der Waals surface area contributed by atoms with Crippen LogP contribution in [0, 0.1) is 5.92 Å². The molecule has 6 N–H and O–H groups in total. The van der Waals surface area contributed by atoms with Gasteiger partial charge in [-0.3, -0.25) is 0 Å². The number of anilines is 2. The zero-order valence-electron chi connectivity index (χ0n) is 23.1. The van der Waals surface area contributed by atoms with Crippen LogP contribution in [0.3, 0.4) is 0 Å². The monoisotopic (exact) mass is 533 g/mol. The fourth-order valence-corrected chi connectivity index (χ4v) is 6.23. The van der Waals surface area contributed by atoms with Crippen molar-refractivity contribution in [3.8, 4) is 0 Å². The maximum absolute atomic E-state index is 4.87. The van der Waals surface area contributed by atoms with Crippen LogP contribution < -0.4 is 32.1 Å². The largest absolute Gasteiger partial charge is 0.379 e. The number of hydrazine groups is 1. The third-order valence-electron chi connectivity index (χ3n) is 6.80. The Bertz CT molecular complexity index is 1110. The molecule has 1 aromatic heterocycles. The molecule has 0 radical (unpaired) electrons. The lowest BCUT2D eigenvalue weighted by Gasteiger charge is -2.23. The van der Waals surface area contributed by atoms with E-state index in [4.69, 9.17) is 4.98 Å². The molecule has 4 heterocycles. The molecular weight excluding hydrogens is 490 g/mol. The zero-order valence-corrected chi connectivity index (χ0v) is 23.9. The summed E-state index contributed by atoms with van der Waals surface area (Å²) in [6, 6.07) is 14.8. The van der Waals surface area contributed by atoms with Crippen molar-refractivity contribution in [2.45, 2.75) is 70.3 Å². The Morgan fingerprint density at radius 1 is 0.947 bits per heavy atom. The van der Waals surface area contributed by atoms with E-state index in [0.29, 0.717) is 5.37 Å².